The van der Waals surface area contributed by atoms with E-state index in [-0.39, 0.29) is 0 Å². The third-order valence-electron chi connectivity index (χ3n) is 2.51. The second kappa shape index (κ2) is 2.02. The van der Waals surface area contributed by atoms with Crippen molar-refractivity contribution in [1.82, 2.24) is 0 Å². The molecule has 9 heavy (non-hydrogen) atoms. The van der Waals surface area contributed by atoms with Crippen molar-refractivity contribution >= 4 is 0 Å². The molecule has 0 N–H and O–H groups in total. The van der Waals surface area contributed by atoms with E-state index in [9.17, 15) is 0 Å². The van der Waals surface area contributed by atoms with Crippen LogP contribution in [0, 0.1) is 22.7 Å². The first-order valence-electron chi connectivity index (χ1n) is 3.60. The molecule has 1 aliphatic rings. The maximum atomic E-state index is 8.46. The van der Waals surface area contributed by atoms with Gasteiger partial charge in [0.1, 0.15) is 0 Å². The summed E-state index contributed by atoms with van der Waals surface area (Å²) in [7, 11) is 0. The highest BCUT2D eigenvalue weighted by Gasteiger charge is 2.38. The average Bonchev–Trinajstić information content (AvgIpc) is 1.81. The summed E-state index contributed by atoms with van der Waals surface area (Å²) < 4.78 is 0. The highest BCUT2D eigenvalue weighted by molar-refractivity contribution is 4.99. The fraction of sp³-hybridized carbons (Fsp3) is 0.875. The highest BCUT2D eigenvalue weighted by atomic mass is 14.4. The van der Waals surface area contributed by atoms with E-state index in [0.29, 0.717) is 11.3 Å². The number of rotatable bonds is 1. The maximum Gasteiger partial charge on any atom is 0.0656 e. The van der Waals surface area contributed by atoms with Gasteiger partial charge in [0.25, 0.3) is 0 Å². The van der Waals surface area contributed by atoms with Crippen molar-refractivity contribution in [2.24, 2.45) is 11.3 Å². The fourth-order valence-electron chi connectivity index (χ4n) is 1.51. The smallest absolute Gasteiger partial charge is 0.0656 e. The van der Waals surface area contributed by atoms with Crippen molar-refractivity contribution < 1.29 is 0 Å². The lowest BCUT2D eigenvalue weighted by atomic mass is 9.62. The second-order valence-electron chi connectivity index (χ2n) is 3.40. The Kier molecular flexibility index (Phi) is 1.48. The first kappa shape index (κ1) is 6.61. The van der Waals surface area contributed by atoms with Crippen LogP contribution >= 0.6 is 0 Å². The van der Waals surface area contributed by atoms with E-state index < -0.39 is 0 Å². The second-order valence-corrected chi connectivity index (χ2v) is 3.40. The topological polar surface area (TPSA) is 23.8 Å². The Morgan fingerprint density at radius 1 is 1.67 bits per heavy atom. The molecule has 0 aromatic carbocycles. The van der Waals surface area contributed by atoms with Gasteiger partial charge in [-0.1, -0.05) is 20.3 Å². The van der Waals surface area contributed by atoms with Crippen LogP contribution in [0.2, 0.25) is 0 Å². The fourth-order valence-corrected chi connectivity index (χ4v) is 1.51. The van der Waals surface area contributed by atoms with Gasteiger partial charge in [0.05, 0.1) is 6.07 Å². The minimum atomic E-state index is 0.370. The normalized spacial score (nSPS) is 41.2. The van der Waals surface area contributed by atoms with E-state index in [2.05, 4.69) is 19.9 Å². The molecule has 0 bridgehead atoms. The molecule has 1 fully saturated rings. The Morgan fingerprint density at radius 3 is 2.56 bits per heavy atom. The van der Waals surface area contributed by atoms with Crippen LogP contribution in [-0.4, -0.2) is 0 Å². The zero-order valence-corrected chi connectivity index (χ0v) is 6.15. The molecule has 1 rings (SSSR count). The van der Waals surface area contributed by atoms with E-state index in [1.807, 2.05) is 0 Å². The van der Waals surface area contributed by atoms with Crippen molar-refractivity contribution in [3.05, 3.63) is 0 Å². The lowest BCUT2D eigenvalue weighted by molar-refractivity contribution is 0.106. The van der Waals surface area contributed by atoms with Crippen molar-refractivity contribution in [3.63, 3.8) is 0 Å². The van der Waals surface area contributed by atoms with E-state index in [1.54, 1.807) is 0 Å². The quantitative estimate of drug-likeness (QED) is 0.525. The van der Waals surface area contributed by atoms with Gasteiger partial charge < -0.3 is 0 Å². The zero-order valence-electron chi connectivity index (χ0n) is 6.15. The Hall–Kier alpha value is -0.510. The molecular weight excluding hydrogens is 110 g/mol. The predicted octanol–water partition coefficient (Wildman–Crippen LogP) is 2.34. The van der Waals surface area contributed by atoms with Crippen LogP contribution in [0.25, 0.3) is 0 Å². The molecule has 1 nitrogen and oxygen atoms in total. The third-order valence-corrected chi connectivity index (χ3v) is 2.51. The zero-order chi connectivity index (χ0) is 6.91. The van der Waals surface area contributed by atoms with Gasteiger partial charge in [-0.25, -0.2) is 0 Å². The van der Waals surface area contributed by atoms with E-state index in [4.69, 9.17) is 5.26 Å². The molecule has 0 aliphatic heterocycles. The Morgan fingerprint density at radius 2 is 2.22 bits per heavy atom. The van der Waals surface area contributed by atoms with E-state index >= 15 is 0 Å². The number of nitriles is 1. The number of hydrogen-bond acceptors (Lipinski definition) is 1. The summed E-state index contributed by atoms with van der Waals surface area (Å²) in [6, 6.07) is 2.29. The van der Waals surface area contributed by atoms with Gasteiger partial charge in [-0.2, -0.15) is 5.26 Å². The summed E-state index contributed by atoms with van der Waals surface area (Å²) in [5.41, 5.74) is 0.514. The molecule has 0 aromatic rings. The van der Waals surface area contributed by atoms with Crippen LogP contribution < -0.4 is 0 Å². The minimum Gasteiger partial charge on any atom is -0.198 e. The van der Waals surface area contributed by atoms with Crippen molar-refractivity contribution in [3.8, 4) is 6.07 Å². The molecule has 50 valence electrons. The van der Waals surface area contributed by atoms with Crippen LogP contribution in [0.5, 0.6) is 0 Å². The largest absolute Gasteiger partial charge is 0.198 e. The van der Waals surface area contributed by atoms with Gasteiger partial charge in [0, 0.05) is 5.92 Å². The third kappa shape index (κ3) is 1.08. The first-order chi connectivity index (χ1) is 4.20. The van der Waals surface area contributed by atoms with E-state index in [1.165, 1.54) is 6.42 Å². The van der Waals surface area contributed by atoms with Crippen LogP contribution in [0.1, 0.15) is 33.1 Å². The highest BCUT2D eigenvalue weighted by Crippen LogP contribution is 2.47. The number of nitrogens with zero attached hydrogens (tertiary/aromatic N) is 1. The molecule has 0 saturated heterocycles. The molecule has 0 heterocycles. The summed E-state index contributed by atoms with van der Waals surface area (Å²) in [5.74, 6) is 0.370. The Balaban J connectivity index is 2.34. The number of hydrogen-bond donors (Lipinski definition) is 0. The molecule has 0 unspecified atom stereocenters. The van der Waals surface area contributed by atoms with E-state index in [0.717, 1.165) is 12.8 Å². The van der Waals surface area contributed by atoms with Gasteiger partial charge in [0.15, 0.2) is 0 Å². The molecule has 0 radical (unpaired) electrons. The van der Waals surface area contributed by atoms with Crippen molar-refractivity contribution in [1.29, 1.82) is 5.26 Å². The summed E-state index contributed by atoms with van der Waals surface area (Å²) in [4.78, 5) is 0. The molecule has 1 heteroatoms. The van der Waals surface area contributed by atoms with Gasteiger partial charge in [-0.3, -0.25) is 0 Å². The lowest BCUT2D eigenvalue weighted by Gasteiger charge is -2.41. The summed E-state index contributed by atoms with van der Waals surface area (Å²) in [5, 5.41) is 8.46. The molecule has 0 atom stereocenters. The maximum absolute atomic E-state index is 8.46. The van der Waals surface area contributed by atoms with Crippen LogP contribution in [0.4, 0.5) is 0 Å². The Bertz CT molecular complexity index is 137. The van der Waals surface area contributed by atoms with Gasteiger partial charge >= 0.3 is 0 Å². The molecular formula is C8H13N. The predicted molar refractivity (Wildman–Crippen MR) is 36.7 cm³/mol. The van der Waals surface area contributed by atoms with Gasteiger partial charge in [0.2, 0.25) is 0 Å². The summed E-state index contributed by atoms with van der Waals surface area (Å²) >= 11 is 0. The van der Waals surface area contributed by atoms with Crippen LogP contribution in [-0.2, 0) is 0 Å². The van der Waals surface area contributed by atoms with Crippen molar-refractivity contribution in [2.75, 3.05) is 0 Å². The molecule has 1 aliphatic carbocycles. The van der Waals surface area contributed by atoms with Crippen molar-refractivity contribution in [2.45, 2.75) is 33.1 Å². The van der Waals surface area contributed by atoms with Crippen LogP contribution in [0.15, 0.2) is 0 Å². The summed E-state index contributed by atoms with van der Waals surface area (Å²) in [6.45, 7) is 4.47. The Labute approximate surface area is 56.7 Å². The molecule has 0 amide bonds. The molecule has 1 saturated carbocycles. The van der Waals surface area contributed by atoms with Crippen LogP contribution in [0.3, 0.4) is 0 Å². The molecule has 0 aromatic heterocycles. The summed E-state index contributed by atoms with van der Waals surface area (Å²) in [6.07, 6.45) is 3.48. The lowest BCUT2D eigenvalue weighted by Crippen LogP contribution is -2.32. The SMILES string of the molecule is CC[C@]1(C)C[C@H](C#N)C1. The monoisotopic (exact) mass is 123 g/mol. The minimum absolute atomic E-state index is 0.370. The van der Waals surface area contributed by atoms with Gasteiger partial charge in [-0.15, -0.1) is 0 Å². The molecule has 0 spiro atoms. The first-order valence-corrected chi connectivity index (χ1v) is 3.60. The average molecular weight is 123 g/mol. The standard InChI is InChI=1S/C8H13N/c1-3-8(2)4-7(5-8)6-9/h7H,3-5H2,1-2H3/t7-,8+. The van der Waals surface area contributed by atoms with Gasteiger partial charge in [-0.05, 0) is 18.3 Å².